The Morgan fingerprint density at radius 1 is 1.00 bits per heavy atom. The molecule has 0 saturated carbocycles. The minimum absolute atomic E-state index is 0.0421. The van der Waals surface area contributed by atoms with E-state index < -0.39 is 64.2 Å². The van der Waals surface area contributed by atoms with E-state index in [2.05, 4.69) is 0 Å². The number of imide groups is 1. The van der Waals surface area contributed by atoms with E-state index in [1.165, 1.54) is 24.3 Å². The normalized spacial score (nSPS) is 33.8. The summed E-state index contributed by atoms with van der Waals surface area (Å²) in [5.41, 5.74) is -8.36. The molecule has 166 valence electrons. The molecule has 2 amide bonds. The van der Waals surface area contributed by atoms with Crippen LogP contribution in [-0.4, -0.2) is 84.4 Å². The lowest BCUT2D eigenvalue weighted by molar-refractivity contribution is -0.273. The number of alkyl halides is 1. The Balaban J connectivity index is 2.24. The number of halogens is 1. The first-order valence-electron chi connectivity index (χ1n) is 9.23. The van der Waals surface area contributed by atoms with Crippen molar-refractivity contribution in [2.45, 2.75) is 55.8 Å². The topological polar surface area (TPSA) is 159 Å². The summed E-state index contributed by atoms with van der Waals surface area (Å²) in [7, 11) is 0. The Hall–Kier alpha value is -2.50. The first kappa shape index (κ1) is 23.2. The Labute approximate surface area is 181 Å². The monoisotopic (exact) mass is 453 g/mol. The molecule has 11 heteroatoms. The highest BCUT2D eigenvalue weighted by Gasteiger charge is 2.73. The van der Waals surface area contributed by atoms with Gasteiger partial charge in [-0.3, -0.25) is 28.9 Å². The van der Waals surface area contributed by atoms with Crippen LogP contribution in [0.25, 0.3) is 0 Å². The van der Waals surface area contributed by atoms with Gasteiger partial charge in [0, 0.05) is 0 Å². The summed E-state index contributed by atoms with van der Waals surface area (Å²) < 4.78 is 5.32. The number of carbonyl (C=O) groups excluding carboxylic acids is 5. The second kappa shape index (κ2) is 7.57. The number of fused-ring (bicyclic) bond motifs is 1. The van der Waals surface area contributed by atoms with E-state index >= 15 is 0 Å². The zero-order valence-corrected chi connectivity index (χ0v) is 17.5. The highest BCUT2D eigenvalue weighted by molar-refractivity contribution is 6.25. The lowest BCUT2D eigenvalue weighted by atomic mass is 9.66. The molecule has 1 aromatic rings. The molecular weight excluding hydrogens is 434 g/mol. The van der Waals surface area contributed by atoms with Crippen molar-refractivity contribution < 1.29 is 44.0 Å². The third-order valence-electron chi connectivity index (χ3n) is 5.83. The average Bonchev–Trinajstić information content (AvgIpc) is 2.95. The van der Waals surface area contributed by atoms with Gasteiger partial charge in [-0.25, -0.2) is 0 Å². The molecule has 1 saturated heterocycles. The predicted octanol–water partition coefficient (Wildman–Crippen LogP) is -0.795. The van der Waals surface area contributed by atoms with Crippen LogP contribution in [0.5, 0.6) is 0 Å². The molecule has 6 atom stereocenters. The van der Waals surface area contributed by atoms with Gasteiger partial charge in [0.1, 0.15) is 18.2 Å². The number of Topliss-reactive ketones (excluding diaryl/α,β-unsaturated/α-hetero) is 3. The van der Waals surface area contributed by atoms with Gasteiger partial charge < -0.3 is 20.1 Å². The van der Waals surface area contributed by atoms with Crippen molar-refractivity contribution in [2.75, 3.05) is 0 Å². The van der Waals surface area contributed by atoms with E-state index in [9.17, 15) is 39.3 Å². The van der Waals surface area contributed by atoms with Crippen molar-refractivity contribution in [3.63, 3.8) is 0 Å². The molecule has 1 aromatic carbocycles. The first-order chi connectivity index (χ1) is 14.3. The average molecular weight is 454 g/mol. The van der Waals surface area contributed by atoms with Crippen LogP contribution in [0, 0.1) is 0 Å². The minimum atomic E-state index is -3.21. The number of aliphatic hydroxyl groups excluding tert-OH is 1. The zero-order chi connectivity index (χ0) is 23.5. The molecule has 2 aliphatic heterocycles. The molecule has 31 heavy (non-hydrogen) atoms. The summed E-state index contributed by atoms with van der Waals surface area (Å²) in [5.74, 6) is -5.30. The third kappa shape index (κ3) is 2.98. The Morgan fingerprint density at radius 3 is 1.84 bits per heavy atom. The summed E-state index contributed by atoms with van der Waals surface area (Å²) in [4.78, 5) is 63.3. The number of ether oxygens (including phenoxy) is 1. The number of hydrogen-bond acceptors (Lipinski definition) is 9. The Bertz CT molecular complexity index is 975. The van der Waals surface area contributed by atoms with Crippen molar-refractivity contribution in [2.24, 2.45) is 0 Å². The standard InChI is InChI=1S/C20H20ClNO9/c1-8(23)13(26)15-20(30,10(3)25)19(29,9(2)24)14(16(21)31-15)22-17(27)11-6-4-5-7-12(11)18(22)28/h4-7,13-16,26,29-30H,1-3H3/t13?,14-,15-,16+,19-,20+/m1/s1. The van der Waals surface area contributed by atoms with E-state index in [4.69, 9.17) is 16.3 Å². The van der Waals surface area contributed by atoms with Crippen LogP contribution in [0.4, 0.5) is 0 Å². The molecule has 1 unspecified atom stereocenters. The molecule has 0 bridgehead atoms. The molecule has 2 heterocycles. The van der Waals surface area contributed by atoms with Gasteiger partial charge in [0.05, 0.1) is 11.1 Å². The first-order valence-corrected chi connectivity index (χ1v) is 9.67. The van der Waals surface area contributed by atoms with Gasteiger partial charge in [-0.15, -0.1) is 0 Å². The lowest BCUT2D eigenvalue weighted by Gasteiger charge is -2.55. The SMILES string of the molecule is CC(=O)C(O)[C@H]1O[C@H](Cl)[C@@H](N2C(=O)c3ccccc3C2=O)[C@](O)(C(C)=O)[C@]1(O)C(C)=O. The minimum Gasteiger partial charge on any atom is -0.382 e. The van der Waals surface area contributed by atoms with E-state index in [0.29, 0.717) is 4.90 Å². The van der Waals surface area contributed by atoms with Crippen LogP contribution in [0.1, 0.15) is 41.5 Å². The maximum atomic E-state index is 13.0. The maximum Gasteiger partial charge on any atom is 0.262 e. The van der Waals surface area contributed by atoms with Crippen LogP contribution in [0.3, 0.4) is 0 Å². The highest BCUT2D eigenvalue weighted by Crippen LogP contribution is 2.46. The molecule has 10 nitrogen and oxygen atoms in total. The van der Waals surface area contributed by atoms with Crippen LogP contribution in [-0.2, 0) is 19.1 Å². The molecule has 3 rings (SSSR count). The molecule has 0 spiro atoms. The fourth-order valence-corrected chi connectivity index (χ4v) is 4.58. The second-order valence-corrected chi connectivity index (χ2v) is 8.01. The van der Waals surface area contributed by atoms with Gasteiger partial charge in [-0.1, -0.05) is 23.7 Å². The van der Waals surface area contributed by atoms with Crippen LogP contribution >= 0.6 is 11.6 Å². The van der Waals surface area contributed by atoms with Crippen molar-refractivity contribution in [1.82, 2.24) is 4.90 Å². The molecule has 2 aliphatic rings. The van der Waals surface area contributed by atoms with Gasteiger partial charge in [-0.2, -0.15) is 0 Å². The second-order valence-electron chi connectivity index (χ2n) is 7.58. The zero-order valence-electron chi connectivity index (χ0n) is 16.7. The van der Waals surface area contributed by atoms with E-state index in [1.807, 2.05) is 0 Å². The smallest absolute Gasteiger partial charge is 0.262 e. The number of hydrogen-bond donors (Lipinski definition) is 3. The summed E-state index contributed by atoms with van der Waals surface area (Å²) >= 11 is 6.21. The molecule has 0 aromatic heterocycles. The quantitative estimate of drug-likeness (QED) is 0.383. The summed E-state index contributed by atoms with van der Waals surface area (Å²) in [6.45, 7) is 2.54. The van der Waals surface area contributed by atoms with E-state index in [-0.39, 0.29) is 11.1 Å². The number of amides is 2. The van der Waals surface area contributed by atoms with Crippen molar-refractivity contribution in [3.8, 4) is 0 Å². The van der Waals surface area contributed by atoms with E-state index in [0.717, 1.165) is 20.8 Å². The van der Waals surface area contributed by atoms with Gasteiger partial charge in [-0.05, 0) is 32.9 Å². The number of rotatable bonds is 5. The predicted molar refractivity (Wildman–Crippen MR) is 103 cm³/mol. The molecule has 3 N–H and O–H groups in total. The molecule has 0 radical (unpaired) electrons. The number of aliphatic hydroxyl groups is 3. The van der Waals surface area contributed by atoms with Gasteiger partial charge in [0.2, 0.25) is 0 Å². The Morgan fingerprint density at radius 2 is 1.45 bits per heavy atom. The highest BCUT2D eigenvalue weighted by atomic mass is 35.5. The Kier molecular flexibility index (Phi) is 5.66. The van der Waals surface area contributed by atoms with Crippen molar-refractivity contribution in [3.05, 3.63) is 35.4 Å². The van der Waals surface area contributed by atoms with Crippen molar-refractivity contribution >= 4 is 40.8 Å². The van der Waals surface area contributed by atoms with Gasteiger partial charge in [0.25, 0.3) is 11.8 Å². The van der Waals surface area contributed by atoms with Crippen LogP contribution < -0.4 is 0 Å². The maximum absolute atomic E-state index is 13.0. The fraction of sp³-hybridized carbons (Fsp3) is 0.450. The van der Waals surface area contributed by atoms with Crippen LogP contribution in [0.15, 0.2) is 24.3 Å². The number of nitrogens with zero attached hydrogens (tertiary/aromatic N) is 1. The fourth-order valence-electron chi connectivity index (χ4n) is 4.17. The van der Waals surface area contributed by atoms with E-state index in [1.54, 1.807) is 0 Å². The van der Waals surface area contributed by atoms with Crippen molar-refractivity contribution in [1.29, 1.82) is 0 Å². The van der Waals surface area contributed by atoms with Gasteiger partial charge in [0.15, 0.2) is 34.1 Å². The molecule has 1 fully saturated rings. The number of benzene rings is 1. The number of ketones is 3. The third-order valence-corrected chi connectivity index (χ3v) is 6.17. The summed E-state index contributed by atoms with van der Waals surface area (Å²) in [6, 6.07) is 3.61. The lowest BCUT2D eigenvalue weighted by Crippen LogP contribution is -2.83. The number of carbonyl (C=O) groups is 5. The van der Waals surface area contributed by atoms with Crippen LogP contribution in [0.2, 0.25) is 0 Å². The summed E-state index contributed by atoms with van der Waals surface area (Å²) in [6.07, 6.45) is -4.30. The van der Waals surface area contributed by atoms with Gasteiger partial charge >= 0.3 is 0 Å². The summed E-state index contributed by atoms with van der Waals surface area (Å²) in [5, 5.41) is 33.0. The molecular formula is C20H20ClNO9. The largest absolute Gasteiger partial charge is 0.382 e. The molecule has 0 aliphatic carbocycles.